The number of fused-ring (bicyclic) bond motifs is 1. The fourth-order valence-electron chi connectivity index (χ4n) is 5.39. The largest absolute Gasteiger partial charge is 0.443 e. The second-order valence-electron chi connectivity index (χ2n) is 9.67. The Morgan fingerprint density at radius 2 is 2.03 bits per heavy atom. The molecular weight excluding hydrogens is 446 g/mol. The molecule has 1 aliphatic heterocycles. The summed E-state index contributed by atoms with van der Waals surface area (Å²) in [6, 6.07) is 0.260. The lowest BCUT2D eigenvalue weighted by molar-refractivity contribution is 0.0463. The summed E-state index contributed by atoms with van der Waals surface area (Å²) < 4.78 is 13.3. The van der Waals surface area contributed by atoms with Crippen LogP contribution in [0.25, 0.3) is 22.5 Å². The number of carbonyl (C=O) groups is 1. The van der Waals surface area contributed by atoms with E-state index in [0.717, 1.165) is 75.0 Å². The first kappa shape index (κ1) is 23.7. The normalized spacial score (nSPS) is 18.6. The van der Waals surface area contributed by atoms with Gasteiger partial charge in [0.2, 0.25) is 5.89 Å². The van der Waals surface area contributed by atoms with E-state index in [9.17, 15) is 4.79 Å². The number of likely N-dealkylation sites (N-methyl/N-ethyl adjacent to an activating group) is 1. The van der Waals surface area contributed by atoms with Crippen molar-refractivity contribution in [3.8, 4) is 11.5 Å². The number of rotatable bonds is 7. The van der Waals surface area contributed by atoms with Gasteiger partial charge in [-0.15, -0.1) is 0 Å². The summed E-state index contributed by atoms with van der Waals surface area (Å²) in [6.45, 7) is 4.65. The van der Waals surface area contributed by atoms with Gasteiger partial charge in [0.25, 0.3) is 5.91 Å². The van der Waals surface area contributed by atoms with Crippen LogP contribution in [0.3, 0.4) is 0 Å². The number of nitrogens with one attached hydrogen (secondary N) is 1. The average Bonchev–Trinajstić information content (AvgIpc) is 3.57. The Labute approximate surface area is 205 Å². The number of pyridine rings is 1. The van der Waals surface area contributed by atoms with Crippen molar-refractivity contribution in [2.45, 2.75) is 70.0 Å². The van der Waals surface area contributed by atoms with Crippen molar-refractivity contribution in [3.05, 3.63) is 24.4 Å². The van der Waals surface area contributed by atoms with E-state index in [1.165, 1.54) is 12.7 Å². The number of anilines is 1. The number of ether oxygens (including phenoxy) is 1. The minimum atomic E-state index is -0.320. The van der Waals surface area contributed by atoms with Crippen LogP contribution in [0.2, 0.25) is 0 Å². The topological polar surface area (TPSA) is 124 Å². The Kier molecular flexibility index (Phi) is 6.75. The molecule has 1 amide bonds. The Balaban J connectivity index is 1.48. The van der Waals surface area contributed by atoms with Gasteiger partial charge in [0.15, 0.2) is 11.3 Å². The zero-order valence-corrected chi connectivity index (χ0v) is 20.6. The first-order valence-corrected chi connectivity index (χ1v) is 12.7. The van der Waals surface area contributed by atoms with Gasteiger partial charge >= 0.3 is 0 Å². The summed E-state index contributed by atoms with van der Waals surface area (Å²) in [5.74, 6) is 0.194. The lowest BCUT2D eigenvalue weighted by Gasteiger charge is -2.43. The number of nitrogens with two attached hydrogens (primary N) is 1. The van der Waals surface area contributed by atoms with E-state index in [1.54, 1.807) is 11.1 Å². The SMILES string of the molecule is CCn1ncc2c(NC3CCOCC3)c(-c3nc(C(=O)N(C)C4(CN)CCCCC4)co3)cnc21. The van der Waals surface area contributed by atoms with Crippen LogP contribution in [-0.4, -0.2) is 68.9 Å². The number of aryl methyl sites for hydroxylation is 1. The maximum atomic E-state index is 13.4. The molecule has 3 aromatic rings. The molecule has 1 saturated heterocycles. The molecule has 3 aromatic heterocycles. The quantitative estimate of drug-likeness (QED) is 0.526. The summed E-state index contributed by atoms with van der Waals surface area (Å²) >= 11 is 0. The van der Waals surface area contributed by atoms with E-state index < -0.39 is 0 Å². The zero-order chi connectivity index (χ0) is 24.4. The third-order valence-corrected chi connectivity index (χ3v) is 7.67. The molecule has 5 rings (SSSR count). The molecule has 4 heterocycles. The second kappa shape index (κ2) is 9.94. The van der Waals surface area contributed by atoms with Gasteiger partial charge in [-0.2, -0.15) is 5.10 Å². The van der Waals surface area contributed by atoms with Gasteiger partial charge in [0.05, 0.1) is 28.4 Å². The molecule has 0 bridgehead atoms. The molecule has 10 heteroatoms. The monoisotopic (exact) mass is 481 g/mol. The number of carbonyl (C=O) groups excluding carboxylic acids is 1. The number of hydrogen-bond donors (Lipinski definition) is 2. The second-order valence-corrected chi connectivity index (χ2v) is 9.67. The highest BCUT2D eigenvalue weighted by Crippen LogP contribution is 2.36. The third kappa shape index (κ3) is 4.40. The molecule has 0 atom stereocenters. The Morgan fingerprint density at radius 3 is 2.74 bits per heavy atom. The molecule has 1 saturated carbocycles. The predicted octanol–water partition coefficient (Wildman–Crippen LogP) is 3.43. The fourth-order valence-corrected chi connectivity index (χ4v) is 5.39. The van der Waals surface area contributed by atoms with Crippen molar-refractivity contribution in [1.82, 2.24) is 24.6 Å². The Bertz CT molecular complexity index is 1180. The van der Waals surface area contributed by atoms with Crippen molar-refractivity contribution in [2.75, 3.05) is 32.1 Å². The van der Waals surface area contributed by atoms with E-state index in [-0.39, 0.29) is 23.2 Å². The molecule has 188 valence electrons. The molecule has 2 aliphatic rings. The van der Waals surface area contributed by atoms with Gasteiger partial charge < -0.3 is 25.1 Å². The third-order valence-electron chi connectivity index (χ3n) is 7.67. The van der Waals surface area contributed by atoms with Gasteiger partial charge in [-0.3, -0.25) is 4.79 Å². The predicted molar refractivity (Wildman–Crippen MR) is 133 cm³/mol. The Morgan fingerprint density at radius 1 is 1.26 bits per heavy atom. The van der Waals surface area contributed by atoms with Crippen molar-refractivity contribution in [3.63, 3.8) is 0 Å². The van der Waals surface area contributed by atoms with E-state index in [0.29, 0.717) is 18.0 Å². The lowest BCUT2D eigenvalue weighted by atomic mass is 9.80. The highest BCUT2D eigenvalue weighted by molar-refractivity contribution is 5.97. The molecule has 35 heavy (non-hydrogen) atoms. The van der Waals surface area contributed by atoms with Crippen LogP contribution in [0.4, 0.5) is 5.69 Å². The van der Waals surface area contributed by atoms with Gasteiger partial charge in [0.1, 0.15) is 6.26 Å². The highest BCUT2D eigenvalue weighted by atomic mass is 16.5. The van der Waals surface area contributed by atoms with Gasteiger partial charge in [-0.25, -0.2) is 14.6 Å². The molecule has 1 aliphatic carbocycles. The molecular formula is C25H35N7O3. The van der Waals surface area contributed by atoms with Crippen molar-refractivity contribution < 1.29 is 13.9 Å². The first-order valence-electron chi connectivity index (χ1n) is 12.7. The summed E-state index contributed by atoms with van der Waals surface area (Å²) in [6.07, 6.45) is 12.0. The maximum Gasteiger partial charge on any atom is 0.276 e. The lowest BCUT2D eigenvalue weighted by Crippen LogP contribution is -2.55. The van der Waals surface area contributed by atoms with Crippen LogP contribution in [0.5, 0.6) is 0 Å². The number of amides is 1. The van der Waals surface area contributed by atoms with Gasteiger partial charge in [-0.1, -0.05) is 19.3 Å². The highest BCUT2D eigenvalue weighted by Gasteiger charge is 2.38. The van der Waals surface area contributed by atoms with Crippen LogP contribution >= 0.6 is 0 Å². The van der Waals surface area contributed by atoms with Crippen LogP contribution in [-0.2, 0) is 11.3 Å². The molecule has 0 unspecified atom stereocenters. The van der Waals surface area contributed by atoms with Crippen molar-refractivity contribution in [2.24, 2.45) is 5.73 Å². The van der Waals surface area contributed by atoms with Crippen molar-refractivity contribution >= 4 is 22.6 Å². The minimum Gasteiger partial charge on any atom is -0.443 e. The Hall–Kier alpha value is -2.98. The van der Waals surface area contributed by atoms with Gasteiger partial charge in [-0.05, 0) is 32.6 Å². The molecule has 3 N–H and O–H groups in total. The molecule has 0 aromatic carbocycles. The van der Waals surface area contributed by atoms with Crippen LogP contribution in [0.1, 0.15) is 62.4 Å². The average molecular weight is 482 g/mol. The maximum absolute atomic E-state index is 13.4. The fraction of sp³-hybridized carbons (Fsp3) is 0.600. The van der Waals surface area contributed by atoms with E-state index in [1.807, 2.05) is 24.9 Å². The van der Waals surface area contributed by atoms with E-state index >= 15 is 0 Å². The van der Waals surface area contributed by atoms with E-state index in [2.05, 4.69) is 20.4 Å². The molecule has 2 fully saturated rings. The number of nitrogens with zero attached hydrogens (tertiary/aromatic N) is 5. The van der Waals surface area contributed by atoms with Crippen LogP contribution in [0, 0.1) is 0 Å². The summed E-state index contributed by atoms with van der Waals surface area (Å²) in [5.41, 5.74) is 8.51. The molecule has 10 nitrogen and oxygen atoms in total. The minimum absolute atomic E-state index is 0.167. The zero-order valence-electron chi connectivity index (χ0n) is 20.6. The van der Waals surface area contributed by atoms with Crippen LogP contribution < -0.4 is 11.1 Å². The summed E-state index contributed by atoms with van der Waals surface area (Å²) in [7, 11) is 1.83. The first-order chi connectivity index (χ1) is 17.1. The number of aromatic nitrogens is 4. The smallest absolute Gasteiger partial charge is 0.276 e. The van der Waals surface area contributed by atoms with Crippen molar-refractivity contribution in [1.29, 1.82) is 0 Å². The summed E-state index contributed by atoms with van der Waals surface area (Å²) in [4.78, 5) is 24.4. The number of hydrogen-bond acceptors (Lipinski definition) is 8. The van der Waals surface area contributed by atoms with E-state index in [4.69, 9.17) is 14.9 Å². The van der Waals surface area contributed by atoms with Crippen LogP contribution in [0.15, 0.2) is 23.1 Å². The summed E-state index contributed by atoms with van der Waals surface area (Å²) in [5, 5.41) is 9.07. The molecule has 0 spiro atoms. The standard InChI is InChI=1S/C25H35N7O3/c1-3-32-22-18(14-28-32)21(29-17-7-11-34-12-8-17)19(13-27-22)23-30-20(15-35-23)24(33)31(2)25(16-26)9-5-4-6-10-25/h13-15,17H,3-12,16,26H2,1-2H3,(H,27,29). The molecule has 0 radical (unpaired) electrons. The number of oxazole rings is 1. The van der Waals surface area contributed by atoms with Gasteiger partial charge in [0, 0.05) is 45.6 Å².